The molecule has 2 unspecified atom stereocenters. The number of carbonyl (C=O) groups is 2. The van der Waals surface area contributed by atoms with E-state index in [0.717, 1.165) is 41.5 Å². The van der Waals surface area contributed by atoms with Crippen LogP contribution < -0.4 is 5.73 Å². The molecule has 3 N–H and O–H groups in total. The number of carbonyl (C=O) groups excluding carboxylic acids is 1. The van der Waals surface area contributed by atoms with E-state index >= 15 is 0 Å². The van der Waals surface area contributed by atoms with Gasteiger partial charge in [-0.05, 0) is 60.6 Å². The lowest BCUT2D eigenvalue weighted by atomic mass is 9.87. The molecule has 1 fully saturated rings. The number of anilines is 1. The molecule has 130 valence electrons. The maximum atomic E-state index is 11.9. The Morgan fingerprint density at radius 2 is 1.96 bits per heavy atom. The minimum Gasteiger partial charge on any atom is -0.481 e. The average molecular weight is 337 g/mol. The molecule has 4 heteroatoms. The third kappa shape index (κ3) is 3.73. The van der Waals surface area contributed by atoms with Crippen LogP contribution in [0, 0.1) is 5.92 Å². The molecule has 4 nitrogen and oxygen atoms in total. The summed E-state index contributed by atoms with van der Waals surface area (Å²) in [4.78, 5) is 23.4. The number of Topliss-reactive ketones (excluding diaryl/α,β-unsaturated/α-hetero) is 1. The summed E-state index contributed by atoms with van der Waals surface area (Å²) in [5.74, 6) is -1.01. The second-order valence-electron chi connectivity index (χ2n) is 6.86. The van der Waals surface area contributed by atoms with Crippen LogP contribution in [0.2, 0.25) is 0 Å². The minimum atomic E-state index is -0.851. The molecule has 1 aliphatic carbocycles. The summed E-state index contributed by atoms with van der Waals surface area (Å²) in [6.07, 6.45) is 3.33. The molecule has 0 bridgehead atoms. The van der Waals surface area contributed by atoms with E-state index < -0.39 is 11.9 Å². The molecule has 0 aliphatic heterocycles. The number of carboxylic acids is 1. The first-order valence-electron chi connectivity index (χ1n) is 8.70. The monoisotopic (exact) mass is 337 g/mol. The minimum absolute atomic E-state index is 0.0991. The molecule has 0 heterocycles. The molecule has 1 aliphatic rings. The summed E-state index contributed by atoms with van der Waals surface area (Å²) in [5, 5.41) is 9.42. The fourth-order valence-corrected chi connectivity index (χ4v) is 3.54. The second-order valence-corrected chi connectivity index (χ2v) is 6.86. The number of benzene rings is 2. The highest BCUT2D eigenvalue weighted by atomic mass is 16.4. The first-order valence-corrected chi connectivity index (χ1v) is 8.70. The highest BCUT2D eigenvalue weighted by molar-refractivity contribution is 5.84. The molecule has 0 aromatic heterocycles. The van der Waals surface area contributed by atoms with Gasteiger partial charge in [0.2, 0.25) is 0 Å². The smallest absolute Gasteiger partial charge is 0.310 e. The second kappa shape index (κ2) is 7.09. The lowest BCUT2D eigenvalue weighted by Crippen LogP contribution is -2.11. The van der Waals surface area contributed by atoms with Gasteiger partial charge in [0.15, 0.2) is 0 Å². The van der Waals surface area contributed by atoms with Crippen molar-refractivity contribution in [2.24, 2.45) is 5.92 Å². The number of rotatable bonds is 5. The van der Waals surface area contributed by atoms with Gasteiger partial charge in [-0.2, -0.15) is 0 Å². The van der Waals surface area contributed by atoms with Crippen molar-refractivity contribution in [1.82, 2.24) is 0 Å². The van der Waals surface area contributed by atoms with Crippen LogP contribution >= 0.6 is 0 Å². The summed E-state index contributed by atoms with van der Waals surface area (Å²) < 4.78 is 0. The number of nitrogen functional groups attached to an aromatic ring is 1. The van der Waals surface area contributed by atoms with Gasteiger partial charge in [-0.1, -0.05) is 30.3 Å². The molecule has 2 atom stereocenters. The fraction of sp³-hybridized carbons (Fsp3) is 0.333. The molecule has 0 saturated heterocycles. The van der Waals surface area contributed by atoms with E-state index in [1.54, 1.807) is 6.92 Å². The van der Waals surface area contributed by atoms with Crippen molar-refractivity contribution in [1.29, 1.82) is 0 Å². The van der Waals surface area contributed by atoms with Gasteiger partial charge in [0, 0.05) is 18.0 Å². The quantitative estimate of drug-likeness (QED) is 0.807. The van der Waals surface area contributed by atoms with E-state index in [-0.39, 0.29) is 5.92 Å². The zero-order valence-electron chi connectivity index (χ0n) is 14.4. The van der Waals surface area contributed by atoms with Gasteiger partial charge >= 0.3 is 5.97 Å². The molecule has 25 heavy (non-hydrogen) atoms. The van der Waals surface area contributed by atoms with E-state index in [1.807, 2.05) is 42.5 Å². The Morgan fingerprint density at radius 3 is 2.56 bits per heavy atom. The molecule has 2 aromatic carbocycles. The zero-order valence-corrected chi connectivity index (χ0v) is 14.4. The van der Waals surface area contributed by atoms with Crippen molar-refractivity contribution < 1.29 is 14.7 Å². The molecule has 0 radical (unpaired) electrons. The van der Waals surface area contributed by atoms with Crippen molar-refractivity contribution >= 4 is 17.4 Å². The SMILES string of the molecule is CC(C(=O)O)c1ccc(CC2CCCC2=O)cc1-c1ccc(N)cc1. The van der Waals surface area contributed by atoms with Gasteiger partial charge < -0.3 is 10.8 Å². The summed E-state index contributed by atoms with van der Waals surface area (Å²) in [5.41, 5.74) is 10.1. The van der Waals surface area contributed by atoms with E-state index in [2.05, 4.69) is 0 Å². The summed E-state index contributed by atoms with van der Waals surface area (Å²) in [6.45, 7) is 1.69. The Hall–Kier alpha value is -2.62. The van der Waals surface area contributed by atoms with E-state index in [1.165, 1.54) is 0 Å². The largest absolute Gasteiger partial charge is 0.481 e. The van der Waals surface area contributed by atoms with Gasteiger partial charge in [-0.15, -0.1) is 0 Å². The number of nitrogens with two attached hydrogens (primary N) is 1. The Morgan fingerprint density at radius 1 is 1.24 bits per heavy atom. The number of carboxylic acid groups (broad SMARTS) is 1. The molecule has 2 aromatic rings. The molecule has 3 rings (SSSR count). The molecule has 1 saturated carbocycles. The first-order chi connectivity index (χ1) is 12.0. The number of ketones is 1. The van der Waals surface area contributed by atoms with Crippen molar-refractivity contribution in [3.63, 3.8) is 0 Å². The normalized spacial score (nSPS) is 18.3. The zero-order chi connectivity index (χ0) is 18.0. The van der Waals surface area contributed by atoms with E-state index in [0.29, 0.717) is 17.9 Å². The molecular weight excluding hydrogens is 314 g/mol. The summed E-state index contributed by atoms with van der Waals surface area (Å²) >= 11 is 0. The molecular formula is C21H23NO3. The maximum Gasteiger partial charge on any atom is 0.310 e. The van der Waals surface area contributed by atoms with Gasteiger partial charge in [0.05, 0.1) is 5.92 Å². The first kappa shape index (κ1) is 17.2. The van der Waals surface area contributed by atoms with Crippen molar-refractivity contribution in [3.05, 3.63) is 53.6 Å². The Kier molecular flexibility index (Phi) is 4.88. The Balaban J connectivity index is 2.00. The fourth-order valence-electron chi connectivity index (χ4n) is 3.54. The summed E-state index contributed by atoms with van der Waals surface area (Å²) in [6, 6.07) is 13.3. The average Bonchev–Trinajstić information content (AvgIpc) is 2.99. The van der Waals surface area contributed by atoms with Crippen LogP contribution in [0.5, 0.6) is 0 Å². The Bertz CT molecular complexity index is 795. The van der Waals surface area contributed by atoms with Gasteiger partial charge in [0.25, 0.3) is 0 Å². The van der Waals surface area contributed by atoms with Crippen LogP contribution in [0.3, 0.4) is 0 Å². The van der Waals surface area contributed by atoms with Crippen LogP contribution in [-0.4, -0.2) is 16.9 Å². The third-order valence-electron chi connectivity index (χ3n) is 5.09. The molecule has 0 amide bonds. The van der Waals surface area contributed by atoms with Crippen LogP contribution in [0.25, 0.3) is 11.1 Å². The summed E-state index contributed by atoms with van der Waals surface area (Å²) in [7, 11) is 0. The standard InChI is InChI=1S/C21H23NO3/c1-13(21(24)25)18-10-5-14(11-16-3-2-4-20(16)23)12-19(18)15-6-8-17(22)9-7-15/h5-10,12-13,16H,2-4,11,22H2,1H3,(H,24,25). The van der Waals surface area contributed by atoms with E-state index in [9.17, 15) is 14.7 Å². The third-order valence-corrected chi connectivity index (χ3v) is 5.09. The van der Waals surface area contributed by atoms with Crippen molar-refractivity contribution in [2.75, 3.05) is 5.73 Å². The van der Waals surface area contributed by atoms with Crippen LogP contribution in [0.15, 0.2) is 42.5 Å². The maximum absolute atomic E-state index is 11.9. The number of hydrogen-bond donors (Lipinski definition) is 2. The number of aliphatic carboxylic acids is 1. The van der Waals surface area contributed by atoms with Gasteiger partial charge in [0.1, 0.15) is 5.78 Å². The van der Waals surface area contributed by atoms with E-state index in [4.69, 9.17) is 5.73 Å². The highest BCUT2D eigenvalue weighted by Gasteiger charge is 2.25. The van der Waals surface area contributed by atoms with Crippen molar-refractivity contribution in [3.8, 4) is 11.1 Å². The number of hydrogen-bond acceptors (Lipinski definition) is 3. The predicted octanol–water partition coefficient (Wildman–Crippen LogP) is 4.04. The highest BCUT2D eigenvalue weighted by Crippen LogP contribution is 2.33. The predicted molar refractivity (Wildman–Crippen MR) is 98.4 cm³/mol. The topological polar surface area (TPSA) is 80.4 Å². The van der Waals surface area contributed by atoms with Crippen LogP contribution in [0.1, 0.15) is 43.2 Å². The van der Waals surface area contributed by atoms with Crippen LogP contribution in [-0.2, 0) is 16.0 Å². The lowest BCUT2D eigenvalue weighted by molar-refractivity contribution is -0.138. The van der Waals surface area contributed by atoms with Crippen LogP contribution in [0.4, 0.5) is 5.69 Å². The van der Waals surface area contributed by atoms with Gasteiger partial charge in [-0.25, -0.2) is 0 Å². The van der Waals surface area contributed by atoms with Crippen molar-refractivity contribution in [2.45, 2.75) is 38.5 Å². The molecule has 0 spiro atoms. The Labute approximate surface area is 147 Å². The lowest BCUT2D eigenvalue weighted by Gasteiger charge is -2.17. The van der Waals surface area contributed by atoms with Gasteiger partial charge in [-0.3, -0.25) is 9.59 Å².